The minimum absolute atomic E-state index is 0.0776. The lowest BCUT2D eigenvalue weighted by molar-refractivity contribution is 0.103. The van der Waals surface area contributed by atoms with Gasteiger partial charge < -0.3 is 15.0 Å². The number of nitrogens with zero attached hydrogens (tertiary/aromatic N) is 2. The van der Waals surface area contributed by atoms with Crippen LogP contribution in [0.1, 0.15) is 30.4 Å². The van der Waals surface area contributed by atoms with Gasteiger partial charge in [-0.3, -0.25) is 4.98 Å². The first-order chi connectivity index (χ1) is 11.6. The van der Waals surface area contributed by atoms with Crippen molar-refractivity contribution in [2.75, 3.05) is 20.2 Å². The molecule has 0 fully saturated rings. The van der Waals surface area contributed by atoms with Gasteiger partial charge in [0.1, 0.15) is 6.10 Å². The molecule has 2 amide bonds. The van der Waals surface area contributed by atoms with Crippen molar-refractivity contribution in [3.63, 3.8) is 0 Å². The Morgan fingerprint density at radius 3 is 2.79 bits per heavy atom. The van der Waals surface area contributed by atoms with E-state index in [1.165, 1.54) is 0 Å². The van der Waals surface area contributed by atoms with Crippen molar-refractivity contribution in [2.24, 2.45) is 5.92 Å². The third-order valence-electron chi connectivity index (χ3n) is 3.55. The Balaban J connectivity index is 1.96. The van der Waals surface area contributed by atoms with Crippen LogP contribution in [0.3, 0.4) is 0 Å². The number of amides is 2. The third kappa shape index (κ3) is 5.62. The summed E-state index contributed by atoms with van der Waals surface area (Å²) in [7, 11) is 1.66. The number of thiophene rings is 1. The molecule has 0 saturated heterocycles. The van der Waals surface area contributed by atoms with Gasteiger partial charge in [0.15, 0.2) is 0 Å². The summed E-state index contributed by atoms with van der Waals surface area (Å²) in [5.74, 6) is 0.392. The molecule has 0 spiro atoms. The second-order valence-electron chi connectivity index (χ2n) is 6.06. The number of rotatable bonds is 8. The lowest BCUT2D eigenvalue weighted by atomic mass is 10.2. The van der Waals surface area contributed by atoms with Gasteiger partial charge in [-0.2, -0.15) is 0 Å². The predicted molar refractivity (Wildman–Crippen MR) is 97.0 cm³/mol. The molecular formula is C18H25N3O2S. The lowest BCUT2D eigenvalue weighted by Gasteiger charge is -2.26. The maximum Gasteiger partial charge on any atom is 0.317 e. The van der Waals surface area contributed by atoms with Crippen LogP contribution in [0.15, 0.2) is 42.0 Å². The number of nitrogens with one attached hydrogen (secondary N) is 1. The van der Waals surface area contributed by atoms with Crippen molar-refractivity contribution in [1.29, 1.82) is 0 Å². The van der Waals surface area contributed by atoms with E-state index in [0.717, 1.165) is 10.4 Å². The van der Waals surface area contributed by atoms with E-state index >= 15 is 0 Å². The molecule has 2 aromatic heterocycles. The van der Waals surface area contributed by atoms with Gasteiger partial charge in [0.2, 0.25) is 0 Å². The van der Waals surface area contributed by atoms with E-state index in [4.69, 9.17) is 4.74 Å². The topological polar surface area (TPSA) is 54.5 Å². The fourth-order valence-corrected chi connectivity index (χ4v) is 3.24. The SMILES string of the molecule is COC(CNC(=O)N(Cc1cccnc1)CC(C)C)c1cccs1. The molecule has 130 valence electrons. The molecule has 1 N–H and O–H groups in total. The van der Waals surface area contributed by atoms with Crippen LogP contribution in [0, 0.1) is 5.92 Å². The first-order valence-corrected chi connectivity index (χ1v) is 8.96. The molecular weight excluding hydrogens is 322 g/mol. The minimum Gasteiger partial charge on any atom is -0.374 e. The summed E-state index contributed by atoms with van der Waals surface area (Å²) in [4.78, 5) is 19.7. The van der Waals surface area contributed by atoms with E-state index in [1.807, 2.05) is 34.5 Å². The summed E-state index contributed by atoms with van der Waals surface area (Å²) in [6.07, 6.45) is 3.42. The Morgan fingerprint density at radius 1 is 1.38 bits per heavy atom. The number of pyridine rings is 1. The predicted octanol–water partition coefficient (Wildman–Crippen LogP) is 3.70. The van der Waals surface area contributed by atoms with E-state index in [1.54, 1.807) is 30.8 Å². The van der Waals surface area contributed by atoms with E-state index < -0.39 is 0 Å². The van der Waals surface area contributed by atoms with Crippen LogP contribution >= 0.6 is 11.3 Å². The number of carbonyl (C=O) groups excluding carboxylic acids is 1. The number of urea groups is 1. The number of aromatic nitrogens is 1. The zero-order valence-corrected chi connectivity index (χ0v) is 15.3. The van der Waals surface area contributed by atoms with Crippen molar-refractivity contribution >= 4 is 17.4 Å². The molecule has 0 aliphatic carbocycles. The van der Waals surface area contributed by atoms with Crippen LogP contribution < -0.4 is 5.32 Å². The van der Waals surface area contributed by atoms with Gasteiger partial charge in [0.25, 0.3) is 0 Å². The van der Waals surface area contributed by atoms with E-state index in [9.17, 15) is 4.79 Å². The van der Waals surface area contributed by atoms with Gasteiger partial charge >= 0.3 is 6.03 Å². The Hall–Kier alpha value is -1.92. The van der Waals surface area contributed by atoms with Gasteiger partial charge in [-0.25, -0.2) is 4.79 Å². The minimum atomic E-state index is -0.117. The molecule has 0 aromatic carbocycles. The Bertz CT molecular complexity index is 602. The molecule has 2 heterocycles. The maximum absolute atomic E-state index is 12.6. The molecule has 5 nitrogen and oxygen atoms in total. The second kappa shape index (κ2) is 9.39. The van der Waals surface area contributed by atoms with Crippen molar-refractivity contribution < 1.29 is 9.53 Å². The van der Waals surface area contributed by atoms with E-state index in [2.05, 4.69) is 24.1 Å². The highest BCUT2D eigenvalue weighted by Crippen LogP contribution is 2.21. The lowest BCUT2D eigenvalue weighted by Crippen LogP contribution is -2.43. The standard InChI is InChI=1S/C18H25N3O2S/c1-14(2)12-21(13-15-6-4-8-19-10-15)18(22)20-11-16(23-3)17-7-5-9-24-17/h4-10,14,16H,11-13H2,1-3H3,(H,20,22). The first kappa shape index (κ1) is 18.4. The molecule has 0 radical (unpaired) electrons. The summed E-state index contributed by atoms with van der Waals surface area (Å²) in [5.41, 5.74) is 1.02. The Labute approximate surface area is 147 Å². The molecule has 6 heteroatoms. The largest absolute Gasteiger partial charge is 0.374 e. The van der Waals surface area contributed by atoms with Gasteiger partial charge in [-0.1, -0.05) is 26.0 Å². The van der Waals surface area contributed by atoms with Crippen LogP contribution in [0.5, 0.6) is 0 Å². The van der Waals surface area contributed by atoms with Crippen LogP contribution in [-0.4, -0.2) is 36.1 Å². The Morgan fingerprint density at radius 2 is 2.21 bits per heavy atom. The summed E-state index contributed by atoms with van der Waals surface area (Å²) in [6.45, 7) is 5.91. The summed E-state index contributed by atoms with van der Waals surface area (Å²) < 4.78 is 5.49. The molecule has 1 atom stereocenters. The van der Waals surface area contributed by atoms with Crippen molar-refractivity contribution in [3.8, 4) is 0 Å². The molecule has 0 bridgehead atoms. The van der Waals surface area contributed by atoms with Gasteiger partial charge in [0.05, 0.1) is 6.54 Å². The van der Waals surface area contributed by atoms with Crippen molar-refractivity contribution in [2.45, 2.75) is 26.5 Å². The smallest absolute Gasteiger partial charge is 0.317 e. The van der Waals surface area contributed by atoms with Crippen molar-refractivity contribution in [3.05, 3.63) is 52.5 Å². The molecule has 1 unspecified atom stereocenters. The molecule has 2 rings (SSSR count). The fourth-order valence-electron chi connectivity index (χ4n) is 2.44. The highest BCUT2D eigenvalue weighted by Gasteiger charge is 2.18. The van der Waals surface area contributed by atoms with Crippen LogP contribution in [-0.2, 0) is 11.3 Å². The summed E-state index contributed by atoms with van der Waals surface area (Å²) >= 11 is 1.63. The molecule has 2 aromatic rings. The van der Waals surface area contributed by atoms with Crippen molar-refractivity contribution in [1.82, 2.24) is 15.2 Å². The second-order valence-corrected chi connectivity index (χ2v) is 7.04. The quantitative estimate of drug-likeness (QED) is 0.792. The normalized spacial score (nSPS) is 12.2. The van der Waals surface area contributed by atoms with Gasteiger partial charge in [-0.15, -0.1) is 11.3 Å². The van der Waals surface area contributed by atoms with E-state index in [-0.39, 0.29) is 12.1 Å². The third-order valence-corrected chi connectivity index (χ3v) is 4.52. The zero-order chi connectivity index (χ0) is 17.4. The molecule has 0 aliphatic heterocycles. The first-order valence-electron chi connectivity index (χ1n) is 8.08. The number of hydrogen-bond acceptors (Lipinski definition) is 4. The zero-order valence-electron chi connectivity index (χ0n) is 14.4. The van der Waals surface area contributed by atoms with Crippen LogP contribution in [0.2, 0.25) is 0 Å². The van der Waals surface area contributed by atoms with Gasteiger partial charge in [0, 0.05) is 37.5 Å². The number of hydrogen-bond donors (Lipinski definition) is 1. The maximum atomic E-state index is 12.6. The summed E-state index contributed by atoms with van der Waals surface area (Å²) in [6, 6.07) is 7.80. The number of ether oxygens (including phenoxy) is 1. The summed E-state index contributed by atoms with van der Waals surface area (Å²) in [5, 5.41) is 5.01. The molecule has 0 aliphatic rings. The average molecular weight is 347 g/mol. The molecule has 24 heavy (non-hydrogen) atoms. The Kier molecular flexibility index (Phi) is 7.21. The molecule has 0 saturated carbocycles. The van der Waals surface area contributed by atoms with E-state index in [0.29, 0.717) is 25.6 Å². The van der Waals surface area contributed by atoms with Crippen LogP contribution in [0.4, 0.5) is 4.79 Å². The number of methoxy groups -OCH3 is 1. The highest BCUT2D eigenvalue weighted by molar-refractivity contribution is 7.10. The number of carbonyl (C=O) groups is 1. The van der Waals surface area contributed by atoms with Gasteiger partial charge in [-0.05, 0) is 29.0 Å². The average Bonchev–Trinajstić information content (AvgIpc) is 3.09. The van der Waals surface area contributed by atoms with Crippen LogP contribution in [0.25, 0.3) is 0 Å². The highest BCUT2D eigenvalue weighted by atomic mass is 32.1. The fraction of sp³-hybridized carbons (Fsp3) is 0.444. The monoisotopic (exact) mass is 347 g/mol.